The number of benzene rings is 2. The molecule has 2 heterocycles. The molecule has 1 aliphatic rings. The standard InChI is InChI=1S/C24H21N3O5/c28-19(20(29)14-26-22(30)16-7-3-11-25-13-16)10-4-12-27-23(31)17-8-1-5-15-6-2-9-18(21(15)17)24(27)32/h1-3,5-9,11,13,20,29H,4,10,12,14H2,(H,26,30)/t20-/m1/s1. The molecule has 2 aromatic carbocycles. The Balaban J connectivity index is 1.32. The molecule has 162 valence electrons. The number of hydrogen-bond donors (Lipinski definition) is 2. The summed E-state index contributed by atoms with van der Waals surface area (Å²) in [6.45, 7) is -0.174. The molecule has 0 aliphatic carbocycles. The van der Waals surface area contributed by atoms with Crippen LogP contribution in [0.15, 0.2) is 60.9 Å². The average Bonchev–Trinajstić information content (AvgIpc) is 2.83. The zero-order valence-corrected chi connectivity index (χ0v) is 17.2. The van der Waals surface area contributed by atoms with Gasteiger partial charge < -0.3 is 10.4 Å². The summed E-state index contributed by atoms with van der Waals surface area (Å²) in [5.74, 6) is -1.70. The number of hydrogen-bond acceptors (Lipinski definition) is 6. The van der Waals surface area contributed by atoms with Gasteiger partial charge in [0.2, 0.25) is 0 Å². The van der Waals surface area contributed by atoms with Crippen LogP contribution in [0.4, 0.5) is 0 Å². The molecule has 4 rings (SSSR count). The Morgan fingerprint density at radius 3 is 2.31 bits per heavy atom. The highest BCUT2D eigenvalue weighted by Gasteiger charge is 2.32. The molecular weight excluding hydrogens is 410 g/mol. The molecular formula is C24H21N3O5. The lowest BCUT2D eigenvalue weighted by Gasteiger charge is -2.27. The van der Waals surface area contributed by atoms with Gasteiger partial charge >= 0.3 is 0 Å². The van der Waals surface area contributed by atoms with Gasteiger partial charge in [0, 0.05) is 41.9 Å². The van der Waals surface area contributed by atoms with Gasteiger partial charge in [0.25, 0.3) is 17.7 Å². The maximum Gasteiger partial charge on any atom is 0.261 e. The predicted octanol–water partition coefficient (Wildman–Crippen LogP) is 1.97. The van der Waals surface area contributed by atoms with Crippen LogP contribution in [0.25, 0.3) is 10.8 Å². The SMILES string of the molecule is O=C(NC[C@@H](O)C(=O)CCCN1C(=O)c2cccc3cccc(c23)C1=O)c1cccnc1. The number of aromatic nitrogens is 1. The summed E-state index contributed by atoms with van der Waals surface area (Å²) < 4.78 is 0. The van der Waals surface area contributed by atoms with E-state index in [4.69, 9.17) is 0 Å². The van der Waals surface area contributed by atoms with Crippen LogP contribution >= 0.6 is 0 Å². The molecule has 0 fully saturated rings. The van der Waals surface area contributed by atoms with Crippen LogP contribution < -0.4 is 5.32 Å². The fraction of sp³-hybridized carbons (Fsp3) is 0.208. The van der Waals surface area contributed by atoms with E-state index in [1.54, 1.807) is 36.4 Å². The van der Waals surface area contributed by atoms with Crippen molar-refractivity contribution >= 4 is 34.3 Å². The molecule has 0 radical (unpaired) electrons. The summed E-state index contributed by atoms with van der Waals surface area (Å²) in [5, 5.41) is 14.0. The van der Waals surface area contributed by atoms with Crippen molar-refractivity contribution in [2.45, 2.75) is 18.9 Å². The Kier molecular flexibility index (Phi) is 6.04. The molecule has 32 heavy (non-hydrogen) atoms. The molecule has 1 aromatic heterocycles. The lowest BCUT2D eigenvalue weighted by atomic mass is 9.94. The third-order valence-corrected chi connectivity index (χ3v) is 5.41. The number of nitrogens with zero attached hydrogens (tertiary/aromatic N) is 2. The third-order valence-electron chi connectivity index (χ3n) is 5.41. The van der Waals surface area contributed by atoms with Gasteiger partial charge in [0.15, 0.2) is 5.78 Å². The van der Waals surface area contributed by atoms with Gasteiger partial charge in [-0.25, -0.2) is 0 Å². The molecule has 3 aromatic rings. The number of carbonyl (C=O) groups excluding carboxylic acids is 4. The number of ketones is 1. The quantitative estimate of drug-likeness (QED) is 0.527. The van der Waals surface area contributed by atoms with Crippen LogP contribution in [0.2, 0.25) is 0 Å². The van der Waals surface area contributed by atoms with Crippen molar-refractivity contribution in [1.29, 1.82) is 0 Å². The molecule has 8 nitrogen and oxygen atoms in total. The highest BCUT2D eigenvalue weighted by molar-refractivity contribution is 6.25. The van der Waals surface area contributed by atoms with Crippen LogP contribution in [0.3, 0.4) is 0 Å². The minimum atomic E-state index is -1.38. The van der Waals surface area contributed by atoms with Gasteiger partial charge in [0.1, 0.15) is 6.10 Å². The fourth-order valence-electron chi connectivity index (χ4n) is 3.76. The monoisotopic (exact) mass is 431 g/mol. The van der Waals surface area contributed by atoms with Gasteiger partial charge in [-0.15, -0.1) is 0 Å². The molecule has 3 amide bonds. The van der Waals surface area contributed by atoms with E-state index in [-0.39, 0.29) is 25.9 Å². The van der Waals surface area contributed by atoms with Gasteiger partial charge in [-0.2, -0.15) is 0 Å². The fourth-order valence-corrected chi connectivity index (χ4v) is 3.76. The smallest absolute Gasteiger partial charge is 0.261 e. The molecule has 8 heteroatoms. The van der Waals surface area contributed by atoms with Crippen LogP contribution in [-0.2, 0) is 4.79 Å². The zero-order chi connectivity index (χ0) is 22.7. The molecule has 0 saturated carbocycles. The first kappa shape index (κ1) is 21.3. The van der Waals surface area contributed by atoms with E-state index in [1.807, 2.05) is 12.1 Å². The van der Waals surface area contributed by atoms with E-state index >= 15 is 0 Å². The number of rotatable bonds is 8. The average molecular weight is 431 g/mol. The van der Waals surface area contributed by atoms with Gasteiger partial charge in [-0.3, -0.25) is 29.1 Å². The van der Waals surface area contributed by atoms with E-state index in [0.717, 1.165) is 10.3 Å². The van der Waals surface area contributed by atoms with E-state index < -0.39 is 29.6 Å². The highest BCUT2D eigenvalue weighted by Crippen LogP contribution is 2.30. The van der Waals surface area contributed by atoms with Crippen LogP contribution in [-0.4, -0.2) is 57.7 Å². The topological polar surface area (TPSA) is 117 Å². The molecule has 0 saturated heterocycles. The maximum atomic E-state index is 12.9. The summed E-state index contributed by atoms with van der Waals surface area (Å²) in [6, 6.07) is 13.8. The summed E-state index contributed by atoms with van der Waals surface area (Å²) in [7, 11) is 0. The molecule has 0 bridgehead atoms. The van der Waals surface area contributed by atoms with Crippen molar-refractivity contribution in [2.24, 2.45) is 0 Å². The zero-order valence-electron chi connectivity index (χ0n) is 17.2. The van der Waals surface area contributed by atoms with E-state index in [9.17, 15) is 24.3 Å². The molecule has 1 atom stereocenters. The first-order valence-electron chi connectivity index (χ1n) is 10.2. The van der Waals surface area contributed by atoms with E-state index in [1.165, 1.54) is 12.4 Å². The van der Waals surface area contributed by atoms with Gasteiger partial charge in [-0.05, 0) is 36.1 Å². The second kappa shape index (κ2) is 9.07. The first-order valence-corrected chi connectivity index (χ1v) is 10.2. The van der Waals surface area contributed by atoms with E-state index in [0.29, 0.717) is 22.1 Å². The van der Waals surface area contributed by atoms with Crippen molar-refractivity contribution in [3.63, 3.8) is 0 Å². The number of Topliss-reactive ketones (excluding diaryl/α,β-unsaturated/α-hetero) is 1. The number of imide groups is 1. The van der Waals surface area contributed by atoms with Crippen molar-refractivity contribution in [3.8, 4) is 0 Å². The lowest BCUT2D eigenvalue weighted by molar-refractivity contribution is -0.126. The third kappa shape index (κ3) is 4.13. The summed E-state index contributed by atoms with van der Waals surface area (Å²) in [4.78, 5) is 54.9. The minimum absolute atomic E-state index is 0.0349. The summed E-state index contributed by atoms with van der Waals surface area (Å²) in [5.41, 5.74) is 1.24. The Bertz CT molecular complexity index is 1160. The van der Waals surface area contributed by atoms with Crippen molar-refractivity contribution < 1.29 is 24.3 Å². The second-order valence-corrected chi connectivity index (χ2v) is 7.51. The second-order valence-electron chi connectivity index (χ2n) is 7.51. The normalized spacial score (nSPS) is 13.8. The number of aliphatic hydroxyl groups is 1. The van der Waals surface area contributed by atoms with Crippen LogP contribution in [0.1, 0.15) is 43.9 Å². The number of pyridine rings is 1. The molecule has 1 aliphatic heterocycles. The van der Waals surface area contributed by atoms with Crippen LogP contribution in [0.5, 0.6) is 0 Å². The summed E-state index contributed by atoms with van der Waals surface area (Å²) >= 11 is 0. The lowest BCUT2D eigenvalue weighted by Crippen LogP contribution is -2.41. The largest absolute Gasteiger partial charge is 0.383 e. The number of nitrogens with one attached hydrogen (secondary N) is 1. The molecule has 0 unspecified atom stereocenters. The number of aliphatic hydroxyl groups excluding tert-OH is 1. The van der Waals surface area contributed by atoms with Gasteiger partial charge in [-0.1, -0.05) is 24.3 Å². The van der Waals surface area contributed by atoms with Crippen molar-refractivity contribution in [1.82, 2.24) is 15.2 Å². The number of carbonyl (C=O) groups is 4. The van der Waals surface area contributed by atoms with Crippen molar-refractivity contribution in [3.05, 3.63) is 77.6 Å². The summed E-state index contributed by atoms with van der Waals surface area (Å²) in [6.07, 6.45) is 1.72. The Hall–Kier alpha value is -3.91. The minimum Gasteiger partial charge on any atom is -0.383 e. The number of amides is 3. The van der Waals surface area contributed by atoms with Crippen LogP contribution in [0, 0.1) is 0 Å². The predicted molar refractivity (Wildman–Crippen MR) is 116 cm³/mol. The van der Waals surface area contributed by atoms with E-state index in [2.05, 4.69) is 10.3 Å². The molecule has 0 spiro atoms. The highest BCUT2D eigenvalue weighted by atomic mass is 16.3. The Labute approximate surface area is 183 Å². The maximum absolute atomic E-state index is 12.9. The van der Waals surface area contributed by atoms with Gasteiger partial charge in [0.05, 0.1) is 12.1 Å². The first-order chi connectivity index (χ1) is 15.5. The Morgan fingerprint density at radius 2 is 1.69 bits per heavy atom. The van der Waals surface area contributed by atoms with Crippen molar-refractivity contribution in [2.75, 3.05) is 13.1 Å². The molecule has 2 N–H and O–H groups in total. The Morgan fingerprint density at radius 1 is 1.00 bits per heavy atom.